The fraction of sp³-hybridized carbons (Fsp3) is 0.810. The fourth-order valence-electron chi connectivity index (χ4n) is 3.64. The molecule has 3 atom stereocenters. The molecule has 0 spiro atoms. The van der Waals surface area contributed by atoms with Crippen LogP contribution in [0.2, 0.25) is 0 Å². The van der Waals surface area contributed by atoms with Gasteiger partial charge in [-0.3, -0.25) is 4.90 Å². The molecule has 0 heterocycles. The number of allylic oxidation sites excluding steroid dienone is 2. The topological polar surface area (TPSA) is 3.24 Å². The Balaban J connectivity index is 2.74. The normalized spacial score (nSPS) is 23.4. The standard InChI is InChI=1S/C21H37F2N/c1-5-8-11-19(7-3)13-15-24(17-18(4)10-6-2)21(23)14-9-12-20(22)16-21/h9,12,14,18-19H,5-8,10-11,13,15-17H2,1-4H3. The summed E-state index contributed by atoms with van der Waals surface area (Å²) < 4.78 is 29.2. The van der Waals surface area contributed by atoms with Crippen molar-refractivity contribution in [3.63, 3.8) is 0 Å². The van der Waals surface area contributed by atoms with Gasteiger partial charge in [-0.05, 0) is 36.8 Å². The van der Waals surface area contributed by atoms with E-state index < -0.39 is 5.79 Å². The van der Waals surface area contributed by atoms with Crippen LogP contribution in [-0.2, 0) is 0 Å². The second kappa shape index (κ2) is 11.0. The summed E-state index contributed by atoms with van der Waals surface area (Å²) >= 11 is 0. The number of hydrogen-bond donors (Lipinski definition) is 0. The molecular formula is C21H37F2N. The highest BCUT2D eigenvalue weighted by Gasteiger charge is 2.37. The monoisotopic (exact) mass is 341 g/mol. The van der Waals surface area contributed by atoms with Crippen molar-refractivity contribution in [2.45, 2.75) is 84.9 Å². The Morgan fingerprint density at radius 1 is 1.17 bits per heavy atom. The molecule has 0 saturated carbocycles. The lowest BCUT2D eigenvalue weighted by Crippen LogP contribution is -2.47. The second-order valence-electron chi connectivity index (χ2n) is 7.51. The van der Waals surface area contributed by atoms with Crippen molar-refractivity contribution in [3.05, 3.63) is 24.1 Å². The summed E-state index contributed by atoms with van der Waals surface area (Å²) in [5, 5.41) is 0. The van der Waals surface area contributed by atoms with Crippen molar-refractivity contribution < 1.29 is 8.78 Å². The minimum atomic E-state index is -1.66. The van der Waals surface area contributed by atoms with Gasteiger partial charge in [0.15, 0.2) is 5.79 Å². The third-order valence-corrected chi connectivity index (χ3v) is 5.24. The van der Waals surface area contributed by atoms with E-state index in [1.54, 1.807) is 6.08 Å². The molecule has 0 bridgehead atoms. The highest BCUT2D eigenvalue weighted by Crippen LogP contribution is 2.33. The second-order valence-corrected chi connectivity index (χ2v) is 7.51. The third-order valence-electron chi connectivity index (χ3n) is 5.24. The van der Waals surface area contributed by atoms with Gasteiger partial charge < -0.3 is 0 Å². The minimum absolute atomic E-state index is 0.145. The van der Waals surface area contributed by atoms with E-state index in [0.717, 1.165) is 25.7 Å². The van der Waals surface area contributed by atoms with Crippen LogP contribution in [0, 0.1) is 11.8 Å². The van der Waals surface area contributed by atoms with Crippen LogP contribution in [0.4, 0.5) is 8.78 Å². The Morgan fingerprint density at radius 2 is 1.92 bits per heavy atom. The minimum Gasteiger partial charge on any atom is -0.268 e. The van der Waals surface area contributed by atoms with E-state index in [4.69, 9.17) is 0 Å². The summed E-state index contributed by atoms with van der Waals surface area (Å²) in [4.78, 5) is 1.89. The molecule has 0 aliphatic heterocycles. The van der Waals surface area contributed by atoms with Gasteiger partial charge in [-0.25, -0.2) is 8.78 Å². The Hall–Kier alpha value is -0.700. The first-order valence-electron chi connectivity index (χ1n) is 9.93. The summed E-state index contributed by atoms with van der Waals surface area (Å²) in [5.74, 6) is -0.943. The van der Waals surface area contributed by atoms with E-state index in [0.29, 0.717) is 24.9 Å². The van der Waals surface area contributed by atoms with E-state index >= 15 is 4.39 Å². The molecule has 1 nitrogen and oxygen atoms in total. The van der Waals surface area contributed by atoms with Crippen LogP contribution in [0.1, 0.15) is 79.1 Å². The molecule has 140 valence electrons. The summed E-state index contributed by atoms with van der Waals surface area (Å²) in [6, 6.07) is 0. The Bertz CT molecular complexity index is 405. The molecular weight excluding hydrogens is 304 g/mol. The van der Waals surface area contributed by atoms with Gasteiger partial charge in [0.05, 0.1) is 6.42 Å². The zero-order chi connectivity index (χ0) is 18.0. The first kappa shape index (κ1) is 21.3. The summed E-state index contributed by atoms with van der Waals surface area (Å²) in [7, 11) is 0. The average molecular weight is 342 g/mol. The first-order valence-corrected chi connectivity index (χ1v) is 9.93. The fourth-order valence-corrected chi connectivity index (χ4v) is 3.64. The van der Waals surface area contributed by atoms with Gasteiger partial charge in [0, 0.05) is 13.1 Å². The molecule has 24 heavy (non-hydrogen) atoms. The summed E-state index contributed by atoms with van der Waals surface area (Å²) in [6.45, 7) is 10.2. The predicted molar refractivity (Wildman–Crippen MR) is 100 cm³/mol. The molecule has 0 saturated heterocycles. The van der Waals surface area contributed by atoms with E-state index in [1.807, 2.05) is 4.90 Å². The quantitative estimate of drug-likeness (QED) is 0.352. The van der Waals surface area contributed by atoms with Crippen LogP contribution >= 0.6 is 0 Å². The zero-order valence-corrected chi connectivity index (χ0v) is 16.2. The van der Waals surface area contributed by atoms with E-state index in [9.17, 15) is 4.39 Å². The van der Waals surface area contributed by atoms with Crippen LogP contribution in [-0.4, -0.2) is 23.8 Å². The highest BCUT2D eigenvalue weighted by atomic mass is 19.2. The number of nitrogens with zero attached hydrogens (tertiary/aromatic N) is 1. The Morgan fingerprint density at radius 3 is 2.50 bits per heavy atom. The molecule has 3 heteroatoms. The molecule has 0 radical (unpaired) electrons. The third kappa shape index (κ3) is 7.04. The van der Waals surface area contributed by atoms with Crippen molar-refractivity contribution in [2.75, 3.05) is 13.1 Å². The number of halogens is 2. The maximum atomic E-state index is 15.5. The van der Waals surface area contributed by atoms with Crippen molar-refractivity contribution in [2.24, 2.45) is 11.8 Å². The lowest BCUT2D eigenvalue weighted by atomic mass is 9.93. The van der Waals surface area contributed by atoms with Crippen LogP contribution in [0.3, 0.4) is 0 Å². The van der Waals surface area contributed by atoms with E-state index in [-0.39, 0.29) is 12.2 Å². The molecule has 0 aromatic rings. The lowest BCUT2D eigenvalue weighted by Gasteiger charge is -2.38. The van der Waals surface area contributed by atoms with Crippen molar-refractivity contribution in [3.8, 4) is 0 Å². The van der Waals surface area contributed by atoms with Crippen molar-refractivity contribution in [1.29, 1.82) is 0 Å². The van der Waals surface area contributed by atoms with E-state index in [1.165, 1.54) is 31.4 Å². The van der Waals surface area contributed by atoms with Gasteiger partial charge in [0.1, 0.15) is 5.83 Å². The van der Waals surface area contributed by atoms with Crippen LogP contribution in [0.25, 0.3) is 0 Å². The van der Waals surface area contributed by atoms with Gasteiger partial charge in [0.25, 0.3) is 0 Å². The van der Waals surface area contributed by atoms with Crippen LogP contribution in [0.15, 0.2) is 24.1 Å². The maximum Gasteiger partial charge on any atom is 0.189 e. The van der Waals surface area contributed by atoms with Crippen LogP contribution in [0.5, 0.6) is 0 Å². The molecule has 0 fully saturated rings. The summed E-state index contributed by atoms with van der Waals surface area (Å²) in [6.07, 6.45) is 12.3. The van der Waals surface area contributed by atoms with Gasteiger partial charge in [-0.2, -0.15) is 0 Å². The lowest BCUT2D eigenvalue weighted by molar-refractivity contribution is -0.0108. The predicted octanol–water partition coefficient (Wildman–Crippen LogP) is 6.81. The van der Waals surface area contributed by atoms with Crippen molar-refractivity contribution >= 4 is 0 Å². The summed E-state index contributed by atoms with van der Waals surface area (Å²) in [5.41, 5.74) is 0. The SMILES string of the molecule is CCCCC(CC)CCN(CC(C)CCC)C1(F)C=CC=C(F)C1. The smallest absolute Gasteiger partial charge is 0.189 e. The number of rotatable bonds is 12. The molecule has 0 aromatic carbocycles. The molecule has 0 N–H and O–H groups in total. The van der Waals surface area contributed by atoms with E-state index in [2.05, 4.69) is 27.7 Å². The molecule has 0 aromatic heterocycles. The Kier molecular flexibility index (Phi) is 9.80. The van der Waals surface area contributed by atoms with Gasteiger partial charge in [-0.15, -0.1) is 0 Å². The largest absolute Gasteiger partial charge is 0.268 e. The number of hydrogen-bond acceptors (Lipinski definition) is 1. The molecule has 1 aliphatic rings. The molecule has 3 unspecified atom stereocenters. The molecule has 1 rings (SSSR count). The highest BCUT2D eigenvalue weighted by molar-refractivity contribution is 5.21. The van der Waals surface area contributed by atoms with Gasteiger partial charge in [0.2, 0.25) is 0 Å². The molecule has 1 aliphatic carbocycles. The Labute approximate surface area is 148 Å². The average Bonchev–Trinajstić information content (AvgIpc) is 2.53. The zero-order valence-electron chi connectivity index (χ0n) is 16.2. The first-order chi connectivity index (χ1) is 11.4. The molecule has 0 amide bonds. The van der Waals surface area contributed by atoms with Gasteiger partial charge >= 0.3 is 0 Å². The van der Waals surface area contributed by atoms with Crippen LogP contribution < -0.4 is 0 Å². The number of alkyl halides is 1. The maximum absolute atomic E-state index is 15.5. The number of unbranched alkanes of at least 4 members (excludes halogenated alkanes) is 1. The van der Waals surface area contributed by atoms with Gasteiger partial charge in [-0.1, -0.05) is 65.9 Å². The van der Waals surface area contributed by atoms with Crippen molar-refractivity contribution in [1.82, 2.24) is 4.90 Å².